The normalized spacial score (nSPS) is 15.4. The number of benzene rings is 1. The van der Waals surface area contributed by atoms with E-state index in [0.29, 0.717) is 41.3 Å². The molecule has 0 amide bonds. The van der Waals surface area contributed by atoms with Crippen molar-refractivity contribution in [3.05, 3.63) is 83.5 Å². The Hall–Kier alpha value is -4.12. The van der Waals surface area contributed by atoms with Gasteiger partial charge < -0.3 is 20.2 Å². The second kappa shape index (κ2) is 10.9. The van der Waals surface area contributed by atoms with E-state index < -0.39 is 12.6 Å². The van der Waals surface area contributed by atoms with Crippen molar-refractivity contribution in [2.75, 3.05) is 12.4 Å². The van der Waals surface area contributed by atoms with Crippen molar-refractivity contribution in [2.24, 2.45) is 10.7 Å². The van der Waals surface area contributed by atoms with Crippen LogP contribution in [0.5, 0.6) is 0 Å². The first-order valence-electron chi connectivity index (χ1n) is 12.3. The molecule has 0 spiro atoms. The lowest BCUT2D eigenvalue weighted by molar-refractivity contribution is -0.134. The van der Waals surface area contributed by atoms with E-state index in [1.165, 1.54) is 6.20 Å². The molecule has 1 aliphatic rings. The van der Waals surface area contributed by atoms with Crippen LogP contribution in [0.25, 0.3) is 22.6 Å². The number of halogens is 4. The van der Waals surface area contributed by atoms with Crippen LogP contribution in [-0.4, -0.2) is 43.4 Å². The molecule has 0 aliphatic carbocycles. The highest BCUT2D eigenvalue weighted by Gasteiger charge is 2.33. The lowest BCUT2D eigenvalue weighted by atomic mass is 10.0. The maximum Gasteiger partial charge on any atom is 0.389 e. The number of rotatable bonds is 7. The Kier molecular flexibility index (Phi) is 7.42. The quantitative estimate of drug-likeness (QED) is 0.227. The average Bonchev–Trinajstić information content (AvgIpc) is 3.53. The van der Waals surface area contributed by atoms with Crippen LogP contribution in [0.3, 0.4) is 0 Å². The van der Waals surface area contributed by atoms with Crippen molar-refractivity contribution in [1.82, 2.24) is 24.3 Å². The molecule has 0 bridgehead atoms. The van der Waals surface area contributed by atoms with Crippen LogP contribution in [0.2, 0.25) is 5.02 Å². The number of amidine groups is 1. The number of nitrogens with two attached hydrogens (primary N) is 1. The molecule has 4 aromatic rings. The summed E-state index contributed by atoms with van der Waals surface area (Å²) in [6.45, 7) is 0.538. The molecule has 0 radical (unpaired) electrons. The van der Waals surface area contributed by atoms with E-state index in [2.05, 4.69) is 30.1 Å². The van der Waals surface area contributed by atoms with Crippen LogP contribution in [0.1, 0.15) is 23.9 Å². The predicted octanol–water partition coefficient (Wildman–Crippen LogP) is 5.67. The number of hydrogen-bond acceptors (Lipinski definition) is 5. The van der Waals surface area contributed by atoms with Gasteiger partial charge >= 0.3 is 6.18 Å². The Morgan fingerprint density at radius 3 is 2.74 bits per heavy atom. The number of hydrogen-bond donors (Lipinski definition) is 2. The SMILES string of the molecule is CN=C(C=CN)Nc1cc(-c2cc3n(c2)C[C@H](Cc2ccccc2)n2c(CCC(F)(F)F)nnc2-3)c(Cl)cn1. The van der Waals surface area contributed by atoms with E-state index in [9.17, 15) is 13.2 Å². The highest BCUT2D eigenvalue weighted by atomic mass is 35.5. The van der Waals surface area contributed by atoms with Crippen LogP contribution in [0.15, 0.2) is 72.1 Å². The minimum Gasteiger partial charge on any atom is -0.404 e. The number of nitrogens with one attached hydrogen (secondary N) is 1. The fraction of sp³-hybridized carbons (Fsp3) is 0.259. The first kappa shape index (κ1) is 26.5. The van der Waals surface area contributed by atoms with Crippen LogP contribution in [0.4, 0.5) is 19.0 Å². The number of alkyl halides is 3. The number of aromatic nitrogens is 5. The second-order valence-corrected chi connectivity index (χ2v) is 9.58. The highest BCUT2D eigenvalue weighted by molar-refractivity contribution is 6.33. The molecule has 202 valence electrons. The summed E-state index contributed by atoms with van der Waals surface area (Å²) < 4.78 is 43.1. The van der Waals surface area contributed by atoms with Gasteiger partial charge in [0.2, 0.25) is 0 Å². The molecule has 3 N–H and O–H groups in total. The molecule has 0 saturated heterocycles. The molecule has 4 heterocycles. The molecule has 39 heavy (non-hydrogen) atoms. The summed E-state index contributed by atoms with van der Waals surface area (Å²) in [6.07, 6.45) is 1.65. The van der Waals surface area contributed by atoms with E-state index in [1.807, 2.05) is 47.2 Å². The lowest BCUT2D eigenvalue weighted by Gasteiger charge is -2.28. The number of pyridine rings is 1. The molecular weight excluding hydrogens is 529 g/mol. The van der Waals surface area contributed by atoms with Crippen LogP contribution >= 0.6 is 11.6 Å². The minimum atomic E-state index is -4.28. The zero-order chi connectivity index (χ0) is 27.6. The first-order valence-corrected chi connectivity index (χ1v) is 12.7. The van der Waals surface area contributed by atoms with Gasteiger partial charge in [0, 0.05) is 43.5 Å². The van der Waals surface area contributed by atoms with Crippen molar-refractivity contribution in [3.63, 3.8) is 0 Å². The fourth-order valence-electron chi connectivity index (χ4n) is 4.78. The Morgan fingerprint density at radius 2 is 2.03 bits per heavy atom. The Morgan fingerprint density at radius 1 is 1.23 bits per heavy atom. The summed E-state index contributed by atoms with van der Waals surface area (Å²) in [5.74, 6) is 1.90. The van der Waals surface area contributed by atoms with E-state index in [0.717, 1.165) is 22.4 Å². The van der Waals surface area contributed by atoms with Gasteiger partial charge in [0.25, 0.3) is 0 Å². The predicted molar refractivity (Wildman–Crippen MR) is 146 cm³/mol. The smallest absolute Gasteiger partial charge is 0.389 e. The van der Waals surface area contributed by atoms with Crippen molar-refractivity contribution in [2.45, 2.75) is 38.0 Å². The van der Waals surface area contributed by atoms with Gasteiger partial charge in [0.15, 0.2) is 5.82 Å². The summed E-state index contributed by atoms with van der Waals surface area (Å²) in [6, 6.07) is 13.4. The number of aliphatic imine (C=N–C) groups is 1. The topological polar surface area (TPSA) is 98.9 Å². The molecular formula is C27H26ClF3N8. The molecule has 1 aliphatic heterocycles. The Balaban J connectivity index is 1.53. The zero-order valence-corrected chi connectivity index (χ0v) is 21.8. The molecule has 3 aromatic heterocycles. The summed E-state index contributed by atoms with van der Waals surface area (Å²) >= 11 is 6.55. The van der Waals surface area contributed by atoms with Crippen LogP contribution in [0, 0.1) is 0 Å². The minimum absolute atomic E-state index is 0.162. The third kappa shape index (κ3) is 5.83. The van der Waals surface area contributed by atoms with Crippen LogP contribution in [-0.2, 0) is 19.4 Å². The molecule has 0 unspecified atom stereocenters. The van der Waals surface area contributed by atoms with Crippen molar-refractivity contribution in [3.8, 4) is 22.6 Å². The van der Waals surface area contributed by atoms with E-state index >= 15 is 0 Å². The second-order valence-electron chi connectivity index (χ2n) is 9.18. The molecule has 12 heteroatoms. The number of fused-ring (bicyclic) bond motifs is 3. The molecule has 8 nitrogen and oxygen atoms in total. The van der Waals surface area contributed by atoms with Gasteiger partial charge in [-0.05, 0) is 36.4 Å². The standard InChI is InChI=1S/C27H26ClF3N8/c1-33-23(8-10-32)35-24-13-20(21(28)14-34-24)18-12-22-26-37-36-25(7-9-27(29,30)31)39(26)19(16-38(22)15-18)11-17-5-3-2-4-6-17/h2-6,8,10,12-15,19H,7,9,11,16,32H2,1H3,(H,33,34,35)/t19-/m0/s1. The maximum absolute atomic E-state index is 13.1. The van der Waals surface area contributed by atoms with E-state index in [-0.39, 0.29) is 12.5 Å². The fourth-order valence-corrected chi connectivity index (χ4v) is 4.99. The third-order valence-electron chi connectivity index (χ3n) is 6.53. The molecule has 1 aromatic carbocycles. The van der Waals surface area contributed by atoms with Gasteiger partial charge in [-0.2, -0.15) is 13.2 Å². The summed E-state index contributed by atoms with van der Waals surface area (Å²) in [5, 5.41) is 12.1. The average molecular weight is 555 g/mol. The van der Waals surface area contributed by atoms with Gasteiger partial charge in [-0.1, -0.05) is 41.9 Å². The largest absolute Gasteiger partial charge is 0.404 e. The molecule has 0 saturated carbocycles. The first-order chi connectivity index (χ1) is 18.8. The van der Waals surface area contributed by atoms with Gasteiger partial charge in [0.05, 0.1) is 23.2 Å². The third-order valence-corrected chi connectivity index (χ3v) is 6.83. The highest BCUT2D eigenvalue weighted by Crippen LogP contribution is 2.38. The van der Waals surface area contributed by atoms with Gasteiger partial charge in [-0.3, -0.25) is 4.99 Å². The number of aryl methyl sites for hydroxylation is 1. The van der Waals surface area contributed by atoms with Gasteiger partial charge in [-0.25, -0.2) is 4.98 Å². The van der Waals surface area contributed by atoms with E-state index in [1.54, 1.807) is 25.4 Å². The van der Waals surface area contributed by atoms with Crippen LogP contribution < -0.4 is 11.1 Å². The molecule has 1 atom stereocenters. The van der Waals surface area contributed by atoms with Crippen molar-refractivity contribution >= 4 is 23.3 Å². The Bertz CT molecular complexity index is 1520. The van der Waals surface area contributed by atoms with Gasteiger partial charge in [-0.15, -0.1) is 10.2 Å². The van der Waals surface area contributed by atoms with Gasteiger partial charge in [0.1, 0.15) is 17.5 Å². The van der Waals surface area contributed by atoms with E-state index in [4.69, 9.17) is 17.3 Å². The van der Waals surface area contributed by atoms with Crippen molar-refractivity contribution in [1.29, 1.82) is 0 Å². The monoisotopic (exact) mass is 554 g/mol. The lowest BCUT2D eigenvalue weighted by Crippen LogP contribution is -2.26. The molecule has 0 fully saturated rings. The summed E-state index contributed by atoms with van der Waals surface area (Å²) in [7, 11) is 1.63. The maximum atomic E-state index is 13.1. The summed E-state index contributed by atoms with van der Waals surface area (Å²) in [4.78, 5) is 8.46. The number of nitrogens with zero attached hydrogens (tertiary/aromatic N) is 6. The number of anilines is 1. The van der Waals surface area contributed by atoms with Crippen molar-refractivity contribution < 1.29 is 13.2 Å². The molecule has 5 rings (SSSR count). The zero-order valence-electron chi connectivity index (χ0n) is 21.0. The summed E-state index contributed by atoms with van der Waals surface area (Å²) in [5.41, 5.74) is 8.86. The Labute approximate surface area is 228 Å².